The maximum atomic E-state index is 13.5. The van der Waals surface area contributed by atoms with Gasteiger partial charge in [0.05, 0.1) is 0 Å². The summed E-state index contributed by atoms with van der Waals surface area (Å²) in [6.07, 6.45) is 0. The molecule has 0 aliphatic heterocycles. The molecule has 0 aliphatic rings. The summed E-state index contributed by atoms with van der Waals surface area (Å²) in [5, 5.41) is 25.9. The number of esters is 2. The zero-order valence-corrected chi connectivity index (χ0v) is 22.9. The van der Waals surface area contributed by atoms with Crippen LogP contribution in [-0.4, -0.2) is 22.2 Å². The summed E-state index contributed by atoms with van der Waals surface area (Å²) in [5.41, 5.74) is 1.75. The van der Waals surface area contributed by atoms with E-state index in [0.29, 0.717) is 33.0 Å². The van der Waals surface area contributed by atoms with Crippen molar-refractivity contribution in [2.75, 3.05) is 0 Å². The molecule has 0 unspecified atom stereocenters. The van der Waals surface area contributed by atoms with E-state index in [1.165, 1.54) is 0 Å². The second-order valence-corrected chi connectivity index (χ2v) is 10.0. The third kappa shape index (κ3) is 4.69. The van der Waals surface area contributed by atoms with Gasteiger partial charge in [-0.1, -0.05) is 84.9 Å². The topological polar surface area (TPSA) is 93.1 Å². The number of carbonyl (C=O) groups is 2. The molecule has 0 saturated carbocycles. The fourth-order valence-corrected chi connectivity index (χ4v) is 5.14. The van der Waals surface area contributed by atoms with Gasteiger partial charge < -0.3 is 19.7 Å². The van der Waals surface area contributed by atoms with E-state index in [2.05, 4.69) is 0 Å². The van der Waals surface area contributed by atoms with Gasteiger partial charge in [-0.15, -0.1) is 0 Å². The van der Waals surface area contributed by atoms with Gasteiger partial charge in [0, 0.05) is 11.1 Å². The molecule has 6 aromatic carbocycles. The highest BCUT2D eigenvalue weighted by Gasteiger charge is 2.27. The highest BCUT2D eigenvalue weighted by atomic mass is 16.5. The van der Waals surface area contributed by atoms with Gasteiger partial charge in [-0.2, -0.15) is 0 Å². The largest absolute Gasteiger partial charge is 0.506 e. The Morgan fingerprint density at radius 2 is 0.881 bits per heavy atom. The Bertz CT molecular complexity index is 1880. The number of ether oxygens (including phenoxy) is 2. The SMILES string of the molecule is Cc1ccccc1OC(=O)c1cc2ccccc2c(-c2c(O)c(C(=O)Oc3ccccc3C)cc3ccccc23)c1O. The van der Waals surface area contributed by atoms with E-state index in [1.807, 2.05) is 50.2 Å². The zero-order chi connectivity index (χ0) is 29.4. The van der Waals surface area contributed by atoms with E-state index in [1.54, 1.807) is 72.8 Å². The standard InChI is InChI=1S/C36H26O6/c1-21-11-3-9-17-29(21)41-35(39)27-19-23-13-5-7-15-25(23)31(33(27)37)32-26-16-8-6-14-24(26)20-28(34(32)38)36(40)42-30-18-10-4-12-22(30)2/h3-20,37-38H,1-2H3. The Balaban J connectivity index is 1.58. The highest BCUT2D eigenvalue weighted by Crippen LogP contribution is 2.48. The van der Waals surface area contributed by atoms with Crippen molar-refractivity contribution >= 4 is 33.5 Å². The van der Waals surface area contributed by atoms with Crippen molar-refractivity contribution < 1.29 is 29.3 Å². The molecule has 0 aliphatic carbocycles. The van der Waals surface area contributed by atoms with Gasteiger partial charge in [0.2, 0.25) is 0 Å². The van der Waals surface area contributed by atoms with Gasteiger partial charge >= 0.3 is 11.9 Å². The van der Waals surface area contributed by atoms with Gasteiger partial charge in [0.15, 0.2) is 0 Å². The van der Waals surface area contributed by atoms with Crippen LogP contribution in [0.5, 0.6) is 23.0 Å². The normalized spacial score (nSPS) is 11.0. The van der Waals surface area contributed by atoms with E-state index in [4.69, 9.17) is 9.47 Å². The third-order valence-corrected chi connectivity index (χ3v) is 7.33. The maximum absolute atomic E-state index is 13.5. The minimum absolute atomic E-state index is 0.0803. The van der Waals surface area contributed by atoms with E-state index >= 15 is 0 Å². The third-order valence-electron chi connectivity index (χ3n) is 7.33. The Morgan fingerprint density at radius 3 is 1.29 bits per heavy atom. The lowest BCUT2D eigenvalue weighted by Gasteiger charge is -2.18. The second-order valence-electron chi connectivity index (χ2n) is 10.0. The van der Waals surface area contributed by atoms with Crippen LogP contribution in [-0.2, 0) is 0 Å². The molecule has 6 rings (SSSR count). The minimum Gasteiger partial charge on any atom is -0.506 e. The lowest BCUT2D eigenvalue weighted by Crippen LogP contribution is -2.11. The maximum Gasteiger partial charge on any atom is 0.347 e. The molecule has 0 amide bonds. The van der Waals surface area contributed by atoms with Gasteiger partial charge in [0.1, 0.15) is 34.1 Å². The number of hydrogen-bond acceptors (Lipinski definition) is 6. The lowest BCUT2D eigenvalue weighted by atomic mass is 9.88. The first kappa shape index (κ1) is 26.6. The molecule has 0 radical (unpaired) electrons. The van der Waals surface area contributed by atoms with Crippen molar-refractivity contribution in [1.82, 2.24) is 0 Å². The number of fused-ring (bicyclic) bond motifs is 2. The molecule has 6 heteroatoms. The van der Waals surface area contributed by atoms with Gasteiger partial charge in [-0.3, -0.25) is 0 Å². The summed E-state index contributed by atoms with van der Waals surface area (Å²) in [6.45, 7) is 3.64. The average molecular weight is 555 g/mol. The van der Waals surface area contributed by atoms with E-state index < -0.39 is 11.9 Å². The zero-order valence-electron chi connectivity index (χ0n) is 22.9. The molecule has 206 valence electrons. The number of rotatable bonds is 5. The first-order chi connectivity index (χ1) is 20.3. The van der Waals surface area contributed by atoms with Crippen LogP contribution < -0.4 is 9.47 Å². The van der Waals surface area contributed by atoms with Crippen LogP contribution in [0, 0.1) is 13.8 Å². The van der Waals surface area contributed by atoms with Crippen LogP contribution in [0.25, 0.3) is 32.7 Å². The van der Waals surface area contributed by atoms with Gasteiger partial charge in [0.25, 0.3) is 0 Å². The van der Waals surface area contributed by atoms with Crippen LogP contribution >= 0.6 is 0 Å². The summed E-state index contributed by atoms with van der Waals surface area (Å²) in [5.74, 6) is -1.54. The molecule has 0 saturated heterocycles. The molecule has 0 fully saturated rings. The van der Waals surface area contributed by atoms with Crippen LogP contribution in [0.4, 0.5) is 0 Å². The van der Waals surface area contributed by atoms with E-state index in [-0.39, 0.29) is 33.8 Å². The molecular weight excluding hydrogens is 528 g/mol. The van der Waals surface area contributed by atoms with Crippen molar-refractivity contribution in [1.29, 1.82) is 0 Å². The number of carbonyl (C=O) groups excluding carboxylic acids is 2. The predicted octanol–water partition coefficient (Wildman–Crippen LogP) is 8.13. The minimum atomic E-state index is -0.757. The highest BCUT2D eigenvalue weighted by molar-refractivity contribution is 6.16. The van der Waals surface area contributed by atoms with Crippen molar-refractivity contribution in [3.63, 3.8) is 0 Å². The number of benzene rings is 6. The van der Waals surface area contributed by atoms with Crippen molar-refractivity contribution in [3.8, 4) is 34.1 Å². The molecule has 6 aromatic rings. The first-order valence-electron chi connectivity index (χ1n) is 13.4. The van der Waals surface area contributed by atoms with E-state index in [9.17, 15) is 19.8 Å². The van der Waals surface area contributed by atoms with Crippen LogP contribution in [0.15, 0.2) is 109 Å². The fourth-order valence-electron chi connectivity index (χ4n) is 5.14. The monoisotopic (exact) mass is 554 g/mol. The molecule has 6 nitrogen and oxygen atoms in total. The van der Waals surface area contributed by atoms with Gasteiger partial charge in [-0.05, 0) is 70.8 Å². The molecule has 0 spiro atoms. The summed E-state index contributed by atoms with van der Waals surface area (Å²) in [4.78, 5) is 26.9. The Morgan fingerprint density at radius 1 is 0.524 bits per heavy atom. The van der Waals surface area contributed by atoms with Gasteiger partial charge in [-0.25, -0.2) is 9.59 Å². The Kier molecular flexibility index (Phi) is 6.80. The number of aryl methyl sites for hydroxylation is 2. The first-order valence-corrected chi connectivity index (χ1v) is 13.4. The molecule has 0 atom stereocenters. The fraction of sp³-hybridized carbons (Fsp3) is 0.0556. The molecule has 0 aromatic heterocycles. The molecule has 0 heterocycles. The number of hydrogen-bond donors (Lipinski definition) is 2. The lowest BCUT2D eigenvalue weighted by molar-refractivity contribution is 0.0720. The number of phenolic OH excluding ortho intramolecular Hbond substituents is 2. The summed E-state index contributed by atoms with van der Waals surface area (Å²) < 4.78 is 11.3. The Hall–Kier alpha value is -5.62. The number of phenols is 2. The van der Waals surface area contributed by atoms with E-state index in [0.717, 1.165) is 11.1 Å². The van der Waals surface area contributed by atoms with Crippen molar-refractivity contribution in [2.45, 2.75) is 13.8 Å². The number of aromatic hydroxyl groups is 2. The van der Waals surface area contributed by atoms with Crippen molar-refractivity contribution in [3.05, 3.63) is 131 Å². The van der Waals surface area contributed by atoms with Crippen LogP contribution in [0.2, 0.25) is 0 Å². The smallest absolute Gasteiger partial charge is 0.347 e. The van der Waals surface area contributed by atoms with Crippen LogP contribution in [0.3, 0.4) is 0 Å². The molecule has 42 heavy (non-hydrogen) atoms. The summed E-state index contributed by atoms with van der Waals surface area (Å²) in [7, 11) is 0. The molecular formula is C36H26O6. The summed E-state index contributed by atoms with van der Waals surface area (Å²) in [6, 6.07) is 31.7. The molecule has 2 N–H and O–H groups in total. The summed E-state index contributed by atoms with van der Waals surface area (Å²) >= 11 is 0. The predicted molar refractivity (Wildman–Crippen MR) is 162 cm³/mol. The molecule has 0 bridgehead atoms. The average Bonchev–Trinajstić information content (AvgIpc) is 2.99. The second kappa shape index (κ2) is 10.7. The quantitative estimate of drug-likeness (QED) is 0.165. The van der Waals surface area contributed by atoms with Crippen molar-refractivity contribution in [2.24, 2.45) is 0 Å². The van der Waals surface area contributed by atoms with Crippen LogP contribution in [0.1, 0.15) is 31.8 Å². The Labute approximate surface area is 242 Å². The number of para-hydroxylation sites is 2.